The molecule has 98 valence electrons. The first-order chi connectivity index (χ1) is 9.06. The lowest BCUT2D eigenvalue weighted by Gasteiger charge is -2.01. The molecule has 1 aromatic carbocycles. The van der Waals surface area contributed by atoms with E-state index in [2.05, 4.69) is 0 Å². The summed E-state index contributed by atoms with van der Waals surface area (Å²) >= 11 is 0. The molecule has 2 aromatic rings. The van der Waals surface area contributed by atoms with Crippen LogP contribution in [-0.2, 0) is 9.53 Å². The third-order valence-electron chi connectivity index (χ3n) is 3.39. The Balaban J connectivity index is 2.13. The highest BCUT2D eigenvalue weighted by atomic mass is 16.5. The topological polar surface area (TPSA) is 59.7 Å². The van der Waals surface area contributed by atoms with E-state index in [1.165, 1.54) is 6.08 Å². The number of esters is 1. The number of benzene rings is 1. The van der Waals surface area contributed by atoms with E-state index in [9.17, 15) is 9.90 Å². The predicted molar refractivity (Wildman–Crippen MR) is 70.5 cm³/mol. The van der Waals surface area contributed by atoms with E-state index in [0.29, 0.717) is 12.4 Å². The Morgan fingerprint density at radius 1 is 1.37 bits per heavy atom. The number of ether oxygens (including phenoxy) is 1. The summed E-state index contributed by atoms with van der Waals surface area (Å²) < 4.78 is 10.5. The van der Waals surface area contributed by atoms with Gasteiger partial charge >= 0.3 is 5.97 Å². The molecule has 1 unspecified atom stereocenters. The van der Waals surface area contributed by atoms with E-state index < -0.39 is 6.10 Å². The molecule has 1 aliphatic heterocycles. The number of aliphatic hydroxyl groups is 1. The van der Waals surface area contributed by atoms with Gasteiger partial charge in [0.1, 0.15) is 24.1 Å². The summed E-state index contributed by atoms with van der Waals surface area (Å²) in [6.45, 7) is 3.91. The summed E-state index contributed by atoms with van der Waals surface area (Å²) in [6.07, 6.45) is 0.873. The van der Waals surface area contributed by atoms with Crippen molar-refractivity contribution in [2.24, 2.45) is 0 Å². The van der Waals surface area contributed by atoms with Gasteiger partial charge in [0.25, 0.3) is 0 Å². The van der Waals surface area contributed by atoms with Crippen LogP contribution in [0.2, 0.25) is 0 Å². The number of aliphatic hydroxyl groups excluding tert-OH is 1. The van der Waals surface area contributed by atoms with Gasteiger partial charge in [0.05, 0.1) is 0 Å². The normalized spacial score (nSPS) is 16.6. The molecule has 1 N–H and O–H groups in total. The first kappa shape index (κ1) is 12.0. The Morgan fingerprint density at radius 3 is 2.79 bits per heavy atom. The van der Waals surface area contributed by atoms with Gasteiger partial charge in [-0.3, -0.25) is 0 Å². The lowest BCUT2D eigenvalue weighted by Crippen LogP contribution is -1.91. The van der Waals surface area contributed by atoms with E-state index in [1.807, 2.05) is 25.1 Å². The van der Waals surface area contributed by atoms with Gasteiger partial charge in [-0.05, 0) is 31.5 Å². The molecule has 0 aliphatic carbocycles. The number of hydrogen-bond donors (Lipinski definition) is 1. The number of carbonyl (C=O) groups excluding carboxylic acids is 1. The minimum atomic E-state index is -0.633. The third-order valence-corrected chi connectivity index (χ3v) is 3.39. The second kappa shape index (κ2) is 4.24. The van der Waals surface area contributed by atoms with Crippen LogP contribution >= 0.6 is 0 Å². The highest BCUT2D eigenvalue weighted by Gasteiger charge is 2.18. The fourth-order valence-corrected chi connectivity index (χ4v) is 2.38. The Kier molecular flexibility index (Phi) is 2.68. The van der Waals surface area contributed by atoms with Gasteiger partial charge < -0.3 is 14.3 Å². The lowest BCUT2D eigenvalue weighted by atomic mass is 10.0. The monoisotopic (exact) mass is 258 g/mol. The smallest absolute Gasteiger partial charge is 0.331 e. The molecule has 0 bridgehead atoms. The Hall–Kier alpha value is -2.07. The van der Waals surface area contributed by atoms with E-state index in [-0.39, 0.29) is 5.97 Å². The molecule has 0 amide bonds. The molecule has 19 heavy (non-hydrogen) atoms. The number of furan rings is 1. The van der Waals surface area contributed by atoms with Crippen LogP contribution in [0.5, 0.6) is 0 Å². The van der Waals surface area contributed by atoms with E-state index in [4.69, 9.17) is 9.15 Å². The number of aryl methyl sites for hydroxylation is 1. The largest absolute Gasteiger partial charge is 0.458 e. The van der Waals surface area contributed by atoms with Crippen molar-refractivity contribution in [3.8, 4) is 0 Å². The maximum Gasteiger partial charge on any atom is 0.331 e. The van der Waals surface area contributed by atoms with Gasteiger partial charge in [-0.2, -0.15) is 0 Å². The Labute approximate surface area is 110 Å². The molecule has 0 radical (unpaired) electrons. The lowest BCUT2D eigenvalue weighted by molar-refractivity contribution is -0.134. The molecule has 4 heteroatoms. The summed E-state index contributed by atoms with van der Waals surface area (Å²) in [4.78, 5) is 11.1. The minimum absolute atomic E-state index is 0.302. The number of carbonyl (C=O) groups is 1. The van der Waals surface area contributed by atoms with Gasteiger partial charge in [-0.1, -0.05) is 6.07 Å². The average Bonchev–Trinajstić information content (AvgIpc) is 2.94. The zero-order valence-electron chi connectivity index (χ0n) is 10.8. The van der Waals surface area contributed by atoms with Crippen molar-refractivity contribution < 1.29 is 19.1 Å². The fourth-order valence-electron chi connectivity index (χ4n) is 2.38. The van der Waals surface area contributed by atoms with Gasteiger partial charge in [-0.15, -0.1) is 0 Å². The van der Waals surface area contributed by atoms with Crippen LogP contribution < -0.4 is 0 Å². The zero-order valence-corrected chi connectivity index (χ0v) is 10.8. The van der Waals surface area contributed by atoms with E-state index >= 15 is 0 Å². The molecule has 0 saturated heterocycles. The van der Waals surface area contributed by atoms with Crippen molar-refractivity contribution in [3.63, 3.8) is 0 Å². The summed E-state index contributed by atoms with van der Waals surface area (Å²) in [5.41, 5.74) is 3.48. The maximum absolute atomic E-state index is 11.1. The average molecular weight is 258 g/mol. The SMILES string of the molecule is Cc1c(C(C)O)oc2ccc(C3=CC(=O)OC3)cc12. The molecule has 3 rings (SSSR count). The third kappa shape index (κ3) is 1.94. The Bertz CT molecular complexity index is 691. The van der Waals surface area contributed by atoms with Crippen LogP contribution in [0.1, 0.15) is 29.9 Å². The van der Waals surface area contributed by atoms with Crippen LogP contribution in [0.3, 0.4) is 0 Å². The molecule has 1 aromatic heterocycles. The van der Waals surface area contributed by atoms with Gasteiger partial charge in [0, 0.05) is 22.6 Å². The first-order valence-corrected chi connectivity index (χ1v) is 6.15. The van der Waals surface area contributed by atoms with Crippen LogP contribution in [-0.4, -0.2) is 17.7 Å². The summed E-state index contributed by atoms with van der Waals surface area (Å²) in [7, 11) is 0. The second-order valence-electron chi connectivity index (χ2n) is 4.76. The van der Waals surface area contributed by atoms with Crippen molar-refractivity contribution in [2.45, 2.75) is 20.0 Å². The fraction of sp³-hybridized carbons (Fsp3) is 0.267. The number of fused-ring (bicyclic) bond motifs is 1. The van der Waals surface area contributed by atoms with Crippen molar-refractivity contribution in [3.05, 3.63) is 41.2 Å². The van der Waals surface area contributed by atoms with E-state index in [1.54, 1.807) is 6.92 Å². The van der Waals surface area contributed by atoms with Gasteiger partial charge in [-0.25, -0.2) is 4.79 Å². The number of hydrogen-bond acceptors (Lipinski definition) is 4. The summed E-state index contributed by atoms with van der Waals surface area (Å²) in [5, 5.41) is 10.6. The molecular formula is C15H14O4. The standard InChI is InChI=1S/C15H14O4/c1-8-12-5-10(11-6-14(17)18-7-11)3-4-13(12)19-15(8)9(2)16/h3-6,9,16H,7H2,1-2H3. The molecule has 1 atom stereocenters. The maximum atomic E-state index is 11.1. The summed E-state index contributed by atoms with van der Waals surface area (Å²) in [6, 6.07) is 5.71. The molecule has 2 heterocycles. The molecule has 0 saturated carbocycles. The quantitative estimate of drug-likeness (QED) is 0.841. The number of cyclic esters (lactones) is 1. The second-order valence-corrected chi connectivity index (χ2v) is 4.76. The van der Waals surface area contributed by atoms with Crippen molar-refractivity contribution in [2.75, 3.05) is 6.61 Å². The van der Waals surface area contributed by atoms with Crippen LogP contribution in [0, 0.1) is 6.92 Å². The molecule has 0 spiro atoms. The summed E-state index contributed by atoms with van der Waals surface area (Å²) in [5.74, 6) is 0.281. The van der Waals surface area contributed by atoms with Crippen LogP contribution in [0.25, 0.3) is 16.5 Å². The van der Waals surface area contributed by atoms with Crippen molar-refractivity contribution in [1.82, 2.24) is 0 Å². The number of rotatable bonds is 2. The highest BCUT2D eigenvalue weighted by Crippen LogP contribution is 2.32. The molecule has 0 fully saturated rings. The van der Waals surface area contributed by atoms with Crippen LogP contribution in [0.15, 0.2) is 28.7 Å². The van der Waals surface area contributed by atoms with E-state index in [0.717, 1.165) is 27.7 Å². The predicted octanol–water partition coefficient (Wildman–Crippen LogP) is 2.73. The van der Waals surface area contributed by atoms with Crippen LogP contribution in [0.4, 0.5) is 0 Å². The molecular weight excluding hydrogens is 244 g/mol. The molecule has 4 nitrogen and oxygen atoms in total. The van der Waals surface area contributed by atoms with Gasteiger partial charge in [0.15, 0.2) is 0 Å². The van der Waals surface area contributed by atoms with Crippen molar-refractivity contribution >= 4 is 22.5 Å². The first-order valence-electron chi connectivity index (χ1n) is 6.15. The zero-order chi connectivity index (χ0) is 13.6. The van der Waals surface area contributed by atoms with Gasteiger partial charge in [0.2, 0.25) is 0 Å². The van der Waals surface area contributed by atoms with Crippen molar-refractivity contribution in [1.29, 1.82) is 0 Å². The Morgan fingerprint density at radius 2 is 2.16 bits per heavy atom. The minimum Gasteiger partial charge on any atom is -0.458 e. The highest BCUT2D eigenvalue weighted by molar-refractivity contribution is 5.97. The molecule has 1 aliphatic rings.